The number of likely N-dealkylation sites (N-methyl/N-ethyl adjacent to an activating group) is 1. The normalized spacial score (nSPS) is 16.1. The fourth-order valence-corrected chi connectivity index (χ4v) is 3.28. The summed E-state index contributed by atoms with van der Waals surface area (Å²) < 4.78 is 0.960. The lowest BCUT2D eigenvalue weighted by Crippen LogP contribution is -2.54. The van der Waals surface area contributed by atoms with E-state index in [1.54, 1.807) is 18.7 Å². The molecule has 6 heteroatoms. The number of halogens is 1. The van der Waals surface area contributed by atoms with Crippen molar-refractivity contribution in [3.05, 3.63) is 28.2 Å². The summed E-state index contributed by atoms with van der Waals surface area (Å²) in [4.78, 5) is 29.6. The maximum absolute atomic E-state index is 12.8. The van der Waals surface area contributed by atoms with Crippen LogP contribution in [-0.2, 0) is 9.59 Å². The van der Waals surface area contributed by atoms with Crippen molar-refractivity contribution in [2.75, 3.05) is 38.0 Å². The van der Waals surface area contributed by atoms with Gasteiger partial charge >= 0.3 is 0 Å². The fourth-order valence-electron chi connectivity index (χ4n) is 2.81. The highest BCUT2D eigenvalue weighted by molar-refractivity contribution is 9.10. The second-order valence-electron chi connectivity index (χ2n) is 6.76. The first-order chi connectivity index (χ1) is 11.3. The van der Waals surface area contributed by atoms with Gasteiger partial charge < -0.3 is 15.1 Å². The Hall–Kier alpha value is -1.40. The zero-order valence-corrected chi connectivity index (χ0v) is 16.4. The number of hydrogen-bond donors (Lipinski definition) is 1. The van der Waals surface area contributed by atoms with E-state index in [0.717, 1.165) is 35.4 Å². The first-order valence-corrected chi connectivity index (χ1v) is 9.14. The van der Waals surface area contributed by atoms with Crippen molar-refractivity contribution in [1.29, 1.82) is 0 Å². The van der Waals surface area contributed by atoms with Crippen molar-refractivity contribution in [2.45, 2.75) is 27.7 Å². The number of nitrogens with one attached hydrogen (secondary N) is 1. The summed E-state index contributed by atoms with van der Waals surface area (Å²) in [6.45, 7) is 11.5. The quantitative estimate of drug-likeness (QED) is 0.797. The molecule has 0 atom stereocenters. The predicted molar refractivity (Wildman–Crippen MR) is 100.0 cm³/mol. The average Bonchev–Trinajstić information content (AvgIpc) is 2.56. The van der Waals surface area contributed by atoms with Crippen LogP contribution in [0.15, 0.2) is 22.7 Å². The van der Waals surface area contributed by atoms with E-state index in [2.05, 4.69) is 33.1 Å². The Bertz CT molecular complexity index is 623. The molecule has 2 rings (SSSR count). The summed E-state index contributed by atoms with van der Waals surface area (Å²) in [5.74, 6) is -0.374. The minimum absolute atomic E-state index is 0.106. The molecule has 132 valence electrons. The predicted octanol–water partition coefficient (Wildman–Crippen LogP) is 2.89. The summed E-state index contributed by atoms with van der Waals surface area (Å²) in [6.07, 6.45) is 0. The van der Waals surface area contributed by atoms with Gasteiger partial charge in [-0.2, -0.15) is 0 Å². The van der Waals surface area contributed by atoms with Crippen LogP contribution in [0.4, 0.5) is 5.69 Å². The lowest BCUT2D eigenvalue weighted by Gasteiger charge is -2.37. The molecule has 0 saturated carbocycles. The molecule has 5 nitrogen and oxygen atoms in total. The Morgan fingerprint density at radius 1 is 1.21 bits per heavy atom. The number of benzene rings is 1. The molecule has 0 radical (unpaired) electrons. The van der Waals surface area contributed by atoms with Crippen LogP contribution in [0.1, 0.15) is 26.3 Å². The van der Waals surface area contributed by atoms with Crippen LogP contribution < -0.4 is 5.32 Å². The zero-order chi connectivity index (χ0) is 17.9. The number of carbonyl (C=O) groups excluding carboxylic acids is 2. The monoisotopic (exact) mass is 395 g/mol. The minimum Gasteiger partial charge on any atom is -0.339 e. The molecule has 1 saturated heterocycles. The number of aryl methyl sites for hydroxylation is 1. The van der Waals surface area contributed by atoms with Crippen LogP contribution in [0.5, 0.6) is 0 Å². The molecule has 0 bridgehead atoms. The van der Waals surface area contributed by atoms with Crippen LogP contribution in [0.3, 0.4) is 0 Å². The molecule has 1 aromatic carbocycles. The third-order valence-electron chi connectivity index (χ3n) is 4.65. The maximum Gasteiger partial charge on any atom is 0.239 e. The minimum atomic E-state index is -1.09. The third kappa shape index (κ3) is 4.16. The van der Waals surface area contributed by atoms with E-state index in [4.69, 9.17) is 0 Å². The van der Waals surface area contributed by atoms with Crippen molar-refractivity contribution >= 4 is 33.4 Å². The van der Waals surface area contributed by atoms with Gasteiger partial charge in [-0.15, -0.1) is 0 Å². The van der Waals surface area contributed by atoms with Crippen LogP contribution >= 0.6 is 15.9 Å². The lowest BCUT2D eigenvalue weighted by molar-refractivity contribution is -0.147. The van der Waals surface area contributed by atoms with Crippen LogP contribution in [0.2, 0.25) is 0 Å². The molecule has 1 aromatic rings. The molecule has 0 aromatic heterocycles. The van der Waals surface area contributed by atoms with Crippen molar-refractivity contribution in [3.8, 4) is 0 Å². The van der Waals surface area contributed by atoms with Crippen LogP contribution in [-0.4, -0.2) is 54.3 Å². The highest BCUT2D eigenvalue weighted by atomic mass is 79.9. The molecule has 1 aliphatic heterocycles. The smallest absolute Gasteiger partial charge is 0.239 e. The van der Waals surface area contributed by atoms with Gasteiger partial charge in [0.15, 0.2) is 0 Å². The van der Waals surface area contributed by atoms with E-state index in [9.17, 15) is 9.59 Å². The summed E-state index contributed by atoms with van der Waals surface area (Å²) in [5, 5.41) is 2.90. The van der Waals surface area contributed by atoms with Crippen molar-refractivity contribution < 1.29 is 9.59 Å². The summed E-state index contributed by atoms with van der Waals surface area (Å²) >= 11 is 3.41. The van der Waals surface area contributed by atoms with Gasteiger partial charge in [-0.25, -0.2) is 0 Å². The lowest BCUT2D eigenvalue weighted by atomic mass is 9.89. The highest BCUT2D eigenvalue weighted by Crippen LogP contribution is 2.25. The van der Waals surface area contributed by atoms with Gasteiger partial charge in [0, 0.05) is 36.3 Å². The molecule has 0 unspecified atom stereocenters. The third-order valence-corrected chi connectivity index (χ3v) is 5.14. The number of piperazine rings is 1. The molecule has 1 aliphatic rings. The molecule has 24 heavy (non-hydrogen) atoms. The van der Waals surface area contributed by atoms with Crippen molar-refractivity contribution in [1.82, 2.24) is 9.80 Å². The number of carbonyl (C=O) groups is 2. The Morgan fingerprint density at radius 3 is 2.38 bits per heavy atom. The largest absolute Gasteiger partial charge is 0.339 e. The van der Waals surface area contributed by atoms with Gasteiger partial charge in [0.05, 0.1) is 0 Å². The second kappa shape index (κ2) is 7.66. The fraction of sp³-hybridized carbons (Fsp3) is 0.556. The number of anilines is 1. The SMILES string of the molecule is CCN1CCN(C(=O)C(C)(C)C(=O)Nc2ccc(Br)cc2C)CC1. The average molecular weight is 396 g/mol. The maximum atomic E-state index is 12.8. The van der Waals surface area contributed by atoms with Gasteiger partial charge in [-0.3, -0.25) is 9.59 Å². The van der Waals surface area contributed by atoms with E-state index in [0.29, 0.717) is 13.1 Å². The Morgan fingerprint density at radius 2 is 1.83 bits per heavy atom. The zero-order valence-electron chi connectivity index (χ0n) is 14.9. The Balaban J connectivity index is 2.05. The molecule has 1 heterocycles. The molecule has 0 aliphatic carbocycles. The van der Waals surface area contributed by atoms with E-state index >= 15 is 0 Å². The number of nitrogens with zero attached hydrogens (tertiary/aromatic N) is 2. The Labute approximate surface area is 152 Å². The van der Waals surface area contributed by atoms with Crippen LogP contribution in [0, 0.1) is 12.3 Å². The molecular formula is C18H26BrN3O2. The highest BCUT2D eigenvalue weighted by Gasteiger charge is 2.40. The van der Waals surface area contributed by atoms with E-state index in [1.165, 1.54) is 0 Å². The molecule has 1 fully saturated rings. The van der Waals surface area contributed by atoms with Gasteiger partial charge in [-0.1, -0.05) is 22.9 Å². The number of hydrogen-bond acceptors (Lipinski definition) is 3. The topological polar surface area (TPSA) is 52.7 Å². The first kappa shape index (κ1) is 18.9. The van der Waals surface area contributed by atoms with Gasteiger partial charge in [-0.05, 0) is 51.1 Å². The van der Waals surface area contributed by atoms with E-state index < -0.39 is 5.41 Å². The second-order valence-corrected chi connectivity index (χ2v) is 7.68. The van der Waals surface area contributed by atoms with E-state index in [1.807, 2.05) is 25.1 Å². The first-order valence-electron chi connectivity index (χ1n) is 8.35. The molecule has 1 N–H and O–H groups in total. The summed E-state index contributed by atoms with van der Waals surface area (Å²) in [6, 6.07) is 5.66. The van der Waals surface area contributed by atoms with Gasteiger partial charge in [0.1, 0.15) is 5.41 Å². The summed E-state index contributed by atoms with van der Waals surface area (Å²) in [7, 11) is 0. The van der Waals surface area contributed by atoms with Crippen LogP contribution in [0.25, 0.3) is 0 Å². The number of amides is 2. The Kier molecular flexibility index (Phi) is 6.04. The standard InChI is InChI=1S/C18H26BrN3O2/c1-5-21-8-10-22(11-9-21)17(24)18(3,4)16(23)20-15-7-6-14(19)12-13(15)2/h6-7,12H,5,8-11H2,1-4H3,(H,20,23). The van der Waals surface area contributed by atoms with Gasteiger partial charge in [0.25, 0.3) is 0 Å². The molecule has 2 amide bonds. The summed E-state index contributed by atoms with van der Waals surface area (Å²) in [5.41, 5.74) is 0.603. The van der Waals surface area contributed by atoms with E-state index in [-0.39, 0.29) is 11.8 Å². The van der Waals surface area contributed by atoms with Crippen molar-refractivity contribution in [2.24, 2.45) is 5.41 Å². The molecule has 0 spiro atoms. The molecular weight excluding hydrogens is 370 g/mol. The van der Waals surface area contributed by atoms with Gasteiger partial charge in [0.2, 0.25) is 11.8 Å². The van der Waals surface area contributed by atoms with Crippen molar-refractivity contribution in [3.63, 3.8) is 0 Å². The number of rotatable bonds is 4.